The molecule has 0 spiro atoms. The van der Waals surface area contributed by atoms with Gasteiger partial charge in [-0.05, 0) is 49.6 Å². The summed E-state index contributed by atoms with van der Waals surface area (Å²) in [4.78, 5) is 42.0. The third-order valence-corrected chi connectivity index (χ3v) is 5.29. The standard InChI is InChI=1S/C19H19N3O4S/c1-10-5-11(2)7-13(6-10)21-14(23)8-22-9-20-17-15(18(22)24)12(3)16(27-17)19(25)26-4/h5-7,9H,8H2,1-4H3,(H,21,23). The Morgan fingerprint density at radius 1 is 1.19 bits per heavy atom. The molecule has 1 aromatic carbocycles. The van der Waals surface area contributed by atoms with Crippen molar-refractivity contribution in [3.05, 3.63) is 56.4 Å². The number of carbonyl (C=O) groups is 2. The molecule has 0 fully saturated rings. The van der Waals surface area contributed by atoms with Gasteiger partial charge in [-0.1, -0.05) is 6.07 Å². The van der Waals surface area contributed by atoms with Crippen molar-refractivity contribution in [2.45, 2.75) is 27.3 Å². The molecular weight excluding hydrogens is 366 g/mol. The van der Waals surface area contributed by atoms with Crippen LogP contribution in [0.2, 0.25) is 0 Å². The zero-order chi connectivity index (χ0) is 19.7. The maximum Gasteiger partial charge on any atom is 0.348 e. The van der Waals surface area contributed by atoms with Crippen molar-refractivity contribution in [1.82, 2.24) is 9.55 Å². The van der Waals surface area contributed by atoms with Gasteiger partial charge in [0.2, 0.25) is 5.91 Å². The number of nitrogens with zero attached hydrogens (tertiary/aromatic N) is 2. The van der Waals surface area contributed by atoms with Gasteiger partial charge in [0.05, 0.1) is 18.8 Å². The molecule has 0 aliphatic rings. The van der Waals surface area contributed by atoms with Gasteiger partial charge in [0, 0.05) is 5.69 Å². The van der Waals surface area contributed by atoms with Crippen molar-refractivity contribution in [3.8, 4) is 0 Å². The fraction of sp³-hybridized carbons (Fsp3) is 0.263. The number of anilines is 1. The quantitative estimate of drug-likeness (QED) is 0.698. The molecule has 2 heterocycles. The van der Waals surface area contributed by atoms with Crippen molar-refractivity contribution in [3.63, 3.8) is 0 Å². The second-order valence-electron chi connectivity index (χ2n) is 6.33. The van der Waals surface area contributed by atoms with E-state index in [4.69, 9.17) is 4.74 Å². The Kier molecular flexibility index (Phi) is 5.09. The van der Waals surface area contributed by atoms with E-state index in [-0.39, 0.29) is 18.0 Å². The largest absolute Gasteiger partial charge is 0.465 e. The summed E-state index contributed by atoms with van der Waals surface area (Å²) in [6.07, 6.45) is 1.32. The molecule has 0 aliphatic carbocycles. The van der Waals surface area contributed by atoms with Crippen LogP contribution >= 0.6 is 11.3 Å². The molecule has 0 saturated heterocycles. The smallest absolute Gasteiger partial charge is 0.348 e. The number of fused-ring (bicyclic) bond motifs is 1. The van der Waals surface area contributed by atoms with Gasteiger partial charge in [-0.2, -0.15) is 0 Å². The molecule has 3 rings (SSSR count). The van der Waals surface area contributed by atoms with Gasteiger partial charge < -0.3 is 10.1 Å². The Bertz CT molecular complexity index is 1090. The number of aromatic nitrogens is 2. The molecule has 2 aromatic heterocycles. The molecule has 1 N–H and O–H groups in total. The molecule has 0 atom stereocenters. The Balaban J connectivity index is 1.89. The number of hydrogen-bond acceptors (Lipinski definition) is 6. The van der Waals surface area contributed by atoms with Crippen LogP contribution in [0, 0.1) is 20.8 Å². The summed E-state index contributed by atoms with van der Waals surface area (Å²) in [5.74, 6) is -0.835. The molecule has 0 bridgehead atoms. The first-order valence-electron chi connectivity index (χ1n) is 8.25. The van der Waals surface area contributed by atoms with Gasteiger partial charge in [-0.15, -0.1) is 11.3 Å². The minimum atomic E-state index is -0.506. The van der Waals surface area contributed by atoms with Gasteiger partial charge in [0.15, 0.2) is 0 Å². The first kappa shape index (κ1) is 18.8. The fourth-order valence-corrected chi connectivity index (χ4v) is 4.02. The first-order chi connectivity index (χ1) is 12.8. The Morgan fingerprint density at radius 2 is 1.85 bits per heavy atom. The number of ether oxygens (including phenoxy) is 1. The first-order valence-corrected chi connectivity index (χ1v) is 9.06. The van der Waals surface area contributed by atoms with E-state index >= 15 is 0 Å². The zero-order valence-corrected chi connectivity index (χ0v) is 16.3. The van der Waals surface area contributed by atoms with E-state index in [2.05, 4.69) is 10.3 Å². The van der Waals surface area contributed by atoms with Gasteiger partial charge in [0.1, 0.15) is 16.3 Å². The number of methoxy groups -OCH3 is 1. The van der Waals surface area contributed by atoms with E-state index < -0.39 is 5.97 Å². The van der Waals surface area contributed by atoms with E-state index in [0.29, 0.717) is 26.3 Å². The maximum atomic E-state index is 12.8. The highest BCUT2D eigenvalue weighted by Crippen LogP contribution is 2.27. The normalized spacial score (nSPS) is 10.8. The molecule has 0 radical (unpaired) electrons. The third-order valence-electron chi connectivity index (χ3n) is 4.11. The number of aryl methyl sites for hydroxylation is 3. The topological polar surface area (TPSA) is 90.3 Å². The minimum Gasteiger partial charge on any atom is -0.465 e. The molecule has 27 heavy (non-hydrogen) atoms. The van der Waals surface area contributed by atoms with Gasteiger partial charge >= 0.3 is 5.97 Å². The van der Waals surface area contributed by atoms with Crippen LogP contribution in [0.4, 0.5) is 5.69 Å². The van der Waals surface area contributed by atoms with E-state index in [1.807, 2.05) is 32.0 Å². The highest BCUT2D eigenvalue weighted by Gasteiger charge is 2.20. The molecule has 7 nitrogen and oxygen atoms in total. The maximum absolute atomic E-state index is 12.8. The number of benzene rings is 1. The van der Waals surface area contributed by atoms with Crippen LogP contribution in [-0.4, -0.2) is 28.5 Å². The van der Waals surface area contributed by atoms with Gasteiger partial charge in [-0.25, -0.2) is 9.78 Å². The van der Waals surface area contributed by atoms with E-state index in [0.717, 1.165) is 22.5 Å². The summed E-state index contributed by atoms with van der Waals surface area (Å²) >= 11 is 1.10. The third kappa shape index (κ3) is 3.75. The molecule has 140 valence electrons. The Hall–Kier alpha value is -3.00. The summed E-state index contributed by atoms with van der Waals surface area (Å²) in [6, 6.07) is 5.73. The average molecular weight is 385 g/mol. The number of hydrogen-bond donors (Lipinski definition) is 1. The Labute approximate surface area is 159 Å². The van der Waals surface area contributed by atoms with Gasteiger partial charge in [0.25, 0.3) is 5.56 Å². The highest BCUT2D eigenvalue weighted by atomic mass is 32.1. The SMILES string of the molecule is COC(=O)c1sc2ncn(CC(=O)Nc3cc(C)cc(C)c3)c(=O)c2c1C. The second kappa shape index (κ2) is 7.32. The van der Waals surface area contributed by atoms with Gasteiger partial charge in [-0.3, -0.25) is 14.2 Å². The number of carbonyl (C=O) groups excluding carboxylic acids is 2. The number of esters is 1. The molecular formula is C19H19N3O4S. The molecule has 0 aliphatic heterocycles. The number of thiophene rings is 1. The number of rotatable bonds is 4. The molecule has 1 amide bonds. The molecule has 8 heteroatoms. The van der Waals surface area contributed by atoms with Crippen LogP contribution in [0.25, 0.3) is 10.2 Å². The fourth-order valence-electron chi connectivity index (χ4n) is 2.96. The van der Waals surface area contributed by atoms with Crippen LogP contribution in [0.5, 0.6) is 0 Å². The lowest BCUT2D eigenvalue weighted by molar-refractivity contribution is -0.116. The lowest BCUT2D eigenvalue weighted by atomic mass is 10.1. The summed E-state index contributed by atoms with van der Waals surface area (Å²) in [6.45, 7) is 5.40. The molecule has 0 unspecified atom stereocenters. The lowest BCUT2D eigenvalue weighted by Gasteiger charge is -2.09. The summed E-state index contributed by atoms with van der Waals surface area (Å²) in [7, 11) is 1.29. The molecule has 3 aromatic rings. The second-order valence-corrected chi connectivity index (χ2v) is 7.33. The summed E-state index contributed by atoms with van der Waals surface area (Å²) in [5, 5.41) is 3.13. The summed E-state index contributed by atoms with van der Waals surface area (Å²) < 4.78 is 5.97. The van der Waals surface area contributed by atoms with Crippen molar-refractivity contribution >= 4 is 39.1 Å². The highest BCUT2D eigenvalue weighted by molar-refractivity contribution is 7.20. The summed E-state index contributed by atoms with van der Waals surface area (Å²) in [5.41, 5.74) is 2.91. The number of nitrogens with one attached hydrogen (secondary N) is 1. The van der Waals surface area contributed by atoms with Crippen LogP contribution in [0.15, 0.2) is 29.3 Å². The van der Waals surface area contributed by atoms with Crippen LogP contribution in [0.3, 0.4) is 0 Å². The van der Waals surface area contributed by atoms with Crippen molar-refractivity contribution in [2.24, 2.45) is 0 Å². The average Bonchev–Trinajstić information content (AvgIpc) is 2.93. The van der Waals surface area contributed by atoms with E-state index in [9.17, 15) is 14.4 Å². The van der Waals surface area contributed by atoms with E-state index in [1.54, 1.807) is 6.92 Å². The predicted molar refractivity (Wildman–Crippen MR) is 105 cm³/mol. The zero-order valence-electron chi connectivity index (χ0n) is 15.5. The van der Waals surface area contributed by atoms with Crippen molar-refractivity contribution in [2.75, 3.05) is 12.4 Å². The van der Waals surface area contributed by atoms with Crippen molar-refractivity contribution < 1.29 is 14.3 Å². The van der Waals surface area contributed by atoms with E-state index in [1.165, 1.54) is 18.0 Å². The van der Waals surface area contributed by atoms with Crippen molar-refractivity contribution in [1.29, 1.82) is 0 Å². The van der Waals surface area contributed by atoms with Crippen LogP contribution < -0.4 is 10.9 Å². The van der Waals surface area contributed by atoms with Crippen LogP contribution in [-0.2, 0) is 16.1 Å². The molecule has 0 saturated carbocycles. The lowest BCUT2D eigenvalue weighted by Crippen LogP contribution is -2.28. The number of amides is 1. The van der Waals surface area contributed by atoms with Crippen LogP contribution in [0.1, 0.15) is 26.4 Å². The monoisotopic (exact) mass is 385 g/mol. The minimum absolute atomic E-state index is 0.169. The predicted octanol–water partition coefficient (Wildman–Crippen LogP) is 2.81. The Morgan fingerprint density at radius 3 is 2.48 bits per heavy atom.